The molecule has 0 atom stereocenters. The minimum absolute atomic E-state index is 0.308. The van der Waals surface area contributed by atoms with Crippen molar-refractivity contribution in [1.82, 2.24) is 0 Å². The summed E-state index contributed by atoms with van der Waals surface area (Å²) >= 11 is 0. The number of hydrogen-bond acceptors (Lipinski definition) is 4. The molecule has 1 aromatic rings. The molecule has 0 unspecified atom stereocenters. The summed E-state index contributed by atoms with van der Waals surface area (Å²) in [6.45, 7) is 11.0. The van der Waals surface area contributed by atoms with E-state index in [0.717, 1.165) is 0 Å². The maximum atomic E-state index is 11.9. The summed E-state index contributed by atoms with van der Waals surface area (Å²) in [6.07, 6.45) is 0. The highest BCUT2D eigenvalue weighted by Gasteiger charge is 2.18. The van der Waals surface area contributed by atoms with Crippen molar-refractivity contribution in [2.24, 2.45) is 10.2 Å². The normalized spacial score (nSPS) is 14.5. The van der Waals surface area contributed by atoms with E-state index in [1.165, 1.54) is 6.07 Å². The Kier molecular flexibility index (Phi) is 4.47. The molecule has 0 saturated heterocycles. The Morgan fingerprint density at radius 1 is 0.800 bits per heavy atom. The molecule has 1 rings (SSSR count). The fraction of sp³-hybridized carbons (Fsp3) is 0.571. The van der Waals surface area contributed by atoms with Gasteiger partial charge in [0, 0.05) is 12.1 Å². The summed E-state index contributed by atoms with van der Waals surface area (Å²) in [7, 11) is 0. The zero-order valence-corrected chi connectivity index (χ0v) is 12.9. The van der Waals surface area contributed by atoms with E-state index in [1.807, 2.05) is 41.5 Å². The summed E-state index contributed by atoms with van der Waals surface area (Å²) in [5, 5.41) is 31.8. The van der Waals surface area contributed by atoms with Crippen molar-refractivity contribution in [3.8, 4) is 0 Å². The van der Waals surface area contributed by atoms with Crippen molar-refractivity contribution >= 4 is 11.4 Å². The lowest BCUT2D eigenvalue weighted by molar-refractivity contribution is -0.458. The lowest BCUT2D eigenvalue weighted by Crippen LogP contribution is -2.13. The Balaban J connectivity index is 3.15. The van der Waals surface area contributed by atoms with Crippen molar-refractivity contribution in [2.75, 3.05) is 0 Å². The minimum atomic E-state index is -0.481. The first-order chi connectivity index (χ1) is 8.98. The fourth-order valence-corrected chi connectivity index (χ4v) is 1.39. The van der Waals surface area contributed by atoms with Gasteiger partial charge in [0.15, 0.2) is 0 Å². The lowest BCUT2D eigenvalue weighted by atomic mass is 10.1. The molecule has 1 aromatic carbocycles. The first-order valence-corrected chi connectivity index (χ1v) is 6.48. The molecule has 0 spiro atoms. The average molecular weight is 278 g/mol. The van der Waals surface area contributed by atoms with Crippen LogP contribution in [0.4, 0.5) is 11.4 Å². The molecule has 0 bridgehead atoms. The molecule has 0 aliphatic heterocycles. The van der Waals surface area contributed by atoms with Gasteiger partial charge in [-0.3, -0.25) is 0 Å². The quantitative estimate of drug-likeness (QED) is 0.454. The van der Waals surface area contributed by atoms with Crippen molar-refractivity contribution < 1.29 is 9.72 Å². The van der Waals surface area contributed by atoms with Crippen molar-refractivity contribution in [3.63, 3.8) is 0 Å². The second-order valence-corrected chi connectivity index (χ2v) is 6.61. The topological polar surface area (TPSA) is 76.9 Å². The molecule has 0 amide bonds. The molecule has 0 N–H and O–H groups in total. The monoisotopic (exact) mass is 278 g/mol. The van der Waals surface area contributed by atoms with Crippen LogP contribution in [0.25, 0.3) is 0 Å². The third kappa shape index (κ3) is 5.34. The van der Waals surface area contributed by atoms with E-state index in [1.54, 1.807) is 18.2 Å². The summed E-state index contributed by atoms with van der Waals surface area (Å²) in [5.74, 6) is 0. The highest BCUT2D eigenvalue weighted by molar-refractivity contribution is 5.42. The molecule has 0 fully saturated rings. The molecule has 0 aromatic heterocycles. The van der Waals surface area contributed by atoms with Crippen LogP contribution in [0.1, 0.15) is 41.5 Å². The number of nitrogens with zero attached hydrogens (tertiary/aromatic N) is 4. The van der Waals surface area contributed by atoms with E-state index in [0.29, 0.717) is 21.1 Å². The Morgan fingerprint density at radius 2 is 1.15 bits per heavy atom. The van der Waals surface area contributed by atoms with Gasteiger partial charge >= 0.3 is 0 Å². The SMILES string of the molecule is CC(C)(C)N=[N+]([O-])c1cccc([N+]([O-])=NC(C)(C)C)c1. The average Bonchev–Trinajstić information content (AvgIpc) is 2.24. The zero-order chi connectivity index (χ0) is 15.6. The van der Waals surface area contributed by atoms with Gasteiger partial charge in [-0.1, -0.05) is 9.72 Å². The van der Waals surface area contributed by atoms with Crippen molar-refractivity contribution in [1.29, 1.82) is 0 Å². The van der Waals surface area contributed by atoms with Gasteiger partial charge in [-0.05, 0) is 57.8 Å². The summed E-state index contributed by atoms with van der Waals surface area (Å²) in [5.41, 5.74) is -0.347. The van der Waals surface area contributed by atoms with Crippen LogP contribution in [0, 0.1) is 10.4 Å². The van der Waals surface area contributed by atoms with Crippen LogP contribution in [0.2, 0.25) is 0 Å². The van der Waals surface area contributed by atoms with Gasteiger partial charge in [-0.15, -0.1) is 0 Å². The third-order valence-corrected chi connectivity index (χ3v) is 2.05. The molecule has 0 saturated carbocycles. The molecular formula is C14H22N4O2. The minimum Gasteiger partial charge on any atom is -0.594 e. The van der Waals surface area contributed by atoms with Crippen molar-refractivity contribution in [3.05, 3.63) is 34.7 Å². The van der Waals surface area contributed by atoms with Gasteiger partial charge in [0.05, 0.1) is 6.07 Å². The van der Waals surface area contributed by atoms with Crippen LogP contribution in [0.15, 0.2) is 34.5 Å². The van der Waals surface area contributed by atoms with E-state index in [9.17, 15) is 10.4 Å². The molecule has 0 aliphatic rings. The van der Waals surface area contributed by atoms with Gasteiger partial charge in [-0.2, -0.15) is 0 Å². The molecule has 6 nitrogen and oxygen atoms in total. The highest BCUT2D eigenvalue weighted by Crippen LogP contribution is 2.23. The van der Waals surface area contributed by atoms with Gasteiger partial charge in [0.25, 0.3) is 11.4 Å². The Morgan fingerprint density at radius 3 is 1.45 bits per heavy atom. The van der Waals surface area contributed by atoms with Gasteiger partial charge in [0.1, 0.15) is 11.1 Å². The summed E-state index contributed by atoms with van der Waals surface area (Å²) < 4.78 is 0. The Labute approximate surface area is 119 Å². The fourth-order valence-electron chi connectivity index (χ4n) is 1.39. The molecule has 20 heavy (non-hydrogen) atoms. The highest BCUT2D eigenvalue weighted by atomic mass is 16.5. The van der Waals surface area contributed by atoms with E-state index < -0.39 is 11.1 Å². The second-order valence-electron chi connectivity index (χ2n) is 6.61. The third-order valence-electron chi connectivity index (χ3n) is 2.05. The molecular weight excluding hydrogens is 256 g/mol. The number of hydrogen-bond donors (Lipinski definition) is 0. The van der Waals surface area contributed by atoms with E-state index in [-0.39, 0.29) is 0 Å². The Bertz CT molecular complexity index is 492. The molecule has 0 radical (unpaired) electrons. The molecule has 110 valence electrons. The summed E-state index contributed by atoms with van der Waals surface area (Å²) in [4.78, 5) is 1.07. The van der Waals surface area contributed by atoms with Gasteiger partial charge < -0.3 is 10.4 Å². The predicted octanol–water partition coefficient (Wildman–Crippen LogP) is 4.47. The second kappa shape index (κ2) is 5.56. The maximum absolute atomic E-state index is 11.9. The smallest absolute Gasteiger partial charge is 0.251 e. The number of rotatable bonds is 2. The van der Waals surface area contributed by atoms with E-state index >= 15 is 0 Å². The predicted molar refractivity (Wildman–Crippen MR) is 77.4 cm³/mol. The number of azo groups is 2. The Hall–Kier alpha value is -1.98. The van der Waals surface area contributed by atoms with Crippen LogP contribution < -0.4 is 0 Å². The largest absolute Gasteiger partial charge is 0.594 e. The van der Waals surface area contributed by atoms with Gasteiger partial charge in [0.2, 0.25) is 0 Å². The van der Waals surface area contributed by atoms with E-state index in [4.69, 9.17) is 0 Å². The van der Waals surface area contributed by atoms with Crippen LogP contribution in [0.5, 0.6) is 0 Å². The molecule has 6 heteroatoms. The summed E-state index contributed by atoms with van der Waals surface area (Å²) in [6, 6.07) is 6.33. The standard InChI is InChI=1S/C14H22N4O2/c1-13(2,3)15-17(19)11-8-7-9-12(10-11)18(20)16-14(4,5)6/h7-10H,1-6H3. The van der Waals surface area contributed by atoms with Gasteiger partial charge in [-0.25, -0.2) is 0 Å². The zero-order valence-electron chi connectivity index (χ0n) is 12.9. The van der Waals surface area contributed by atoms with E-state index in [2.05, 4.69) is 10.2 Å². The van der Waals surface area contributed by atoms with Crippen LogP contribution >= 0.6 is 0 Å². The first kappa shape index (κ1) is 16.1. The number of benzene rings is 1. The van der Waals surface area contributed by atoms with Crippen molar-refractivity contribution in [2.45, 2.75) is 52.6 Å². The van der Waals surface area contributed by atoms with Crippen LogP contribution in [-0.4, -0.2) is 20.8 Å². The van der Waals surface area contributed by atoms with Crippen LogP contribution in [-0.2, 0) is 0 Å². The van der Waals surface area contributed by atoms with Crippen LogP contribution in [0.3, 0.4) is 0 Å². The lowest BCUT2D eigenvalue weighted by Gasteiger charge is -2.11. The molecule has 0 heterocycles. The maximum Gasteiger partial charge on any atom is 0.251 e. The first-order valence-electron chi connectivity index (χ1n) is 6.48. The molecule has 0 aliphatic carbocycles.